The van der Waals surface area contributed by atoms with E-state index in [1.54, 1.807) is 0 Å². The number of oxime groups is 1. The molecule has 7 N–H and O–H groups in total. The second kappa shape index (κ2) is 14.6. The van der Waals surface area contributed by atoms with Crippen LogP contribution in [0.4, 0.5) is 5.13 Å². The van der Waals surface area contributed by atoms with Crippen molar-refractivity contribution in [2.24, 2.45) is 16.0 Å². The van der Waals surface area contributed by atoms with Crippen LogP contribution in [0.3, 0.4) is 0 Å². The Morgan fingerprint density at radius 2 is 1.84 bits per heavy atom. The number of aromatic amines is 1. The average Bonchev–Trinajstić information content (AvgIpc) is 3.39. The molecule has 8 rings (SSSR count). The summed E-state index contributed by atoms with van der Waals surface area (Å²) >= 11 is 8.68. The maximum atomic E-state index is 13.7. The van der Waals surface area contributed by atoms with Crippen LogP contribution in [0.25, 0.3) is 6.08 Å². The van der Waals surface area contributed by atoms with Gasteiger partial charge in [-0.25, -0.2) is 14.6 Å². The molecule has 0 aromatic carbocycles. The number of nitrogens with one attached hydrogen (secondary N) is 2. The number of aliphatic hydroxyl groups is 2. The molecule has 4 heterocycles. The number of hydrogen-bond donors (Lipinski definition) is 6. The first kappa shape index (κ1) is 40.5. The van der Waals surface area contributed by atoms with Crippen LogP contribution in [0.15, 0.2) is 37.2 Å². The minimum atomic E-state index is -1.91. The Bertz CT molecular complexity index is 2270. The van der Waals surface area contributed by atoms with E-state index in [0.717, 1.165) is 41.2 Å². The lowest BCUT2D eigenvalue weighted by molar-refractivity contribution is -0.325. The third-order valence-electron chi connectivity index (χ3n) is 12.0. The number of H-pyrrole nitrogens is 1. The molecular formula is C36H41ClN7O11S2-. The molecule has 5 atom stereocenters. The molecule has 18 nitrogen and oxygen atoms in total. The Kier molecular flexibility index (Phi) is 10.4. The van der Waals surface area contributed by atoms with Crippen molar-refractivity contribution < 1.29 is 44.4 Å². The zero-order chi connectivity index (χ0) is 41.4. The van der Waals surface area contributed by atoms with E-state index in [-0.39, 0.29) is 45.0 Å². The van der Waals surface area contributed by atoms with Gasteiger partial charge in [-0.3, -0.25) is 23.9 Å². The summed E-state index contributed by atoms with van der Waals surface area (Å²) < 4.78 is 1.13. The van der Waals surface area contributed by atoms with Gasteiger partial charge in [-0.1, -0.05) is 11.6 Å². The van der Waals surface area contributed by atoms with Gasteiger partial charge >= 0.3 is 11.7 Å². The number of aromatic nitrogens is 3. The normalized spacial score (nSPS) is 29.8. The standard InChI is InChI=1S/C36H42ClN7O11S2/c1-15-16(12-35-5-4-6-36(9-7-35,10-8-35)14-43-27(48)20-17(40-33(43)54)11-19(45)25(46)21(20)37)24(30(50)51)44-28(49)23(29(44)57-15)41-26(47)22(18-13-56-32(38)39-18)42-55-34(2,3)31(52)53/h11,13,15,21,23,25,29,45-46H,4-10,12,14H2,1-3H3,(H2,38,39)(H,40,54)(H,41,47)(H,50,51)(H,52,53)/p-1/b42-22-/t15-,21+,23+,25?,29+,35?,36?/m0/s1. The number of rotatable bonds is 11. The lowest BCUT2D eigenvalue weighted by atomic mass is 9.62. The summed E-state index contributed by atoms with van der Waals surface area (Å²) in [6.45, 7) is 4.36. The molecule has 4 fully saturated rings. The number of carboxylic acid groups (broad SMARTS) is 2. The maximum absolute atomic E-state index is 13.7. The number of fused-ring (bicyclic) bond motifs is 6. The number of carboxylic acids is 2. The van der Waals surface area contributed by atoms with E-state index < -0.39 is 80.4 Å². The molecule has 2 bridgehead atoms. The summed E-state index contributed by atoms with van der Waals surface area (Å²) in [4.78, 5) is 91.5. The van der Waals surface area contributed by atoms with Crippen molar-refractivity contribution in [1.29, 1.82) is 0 Å². The number of carbonyl (C=O) groups excluding carboxylic acids is 3. The Labute approximate surface area is 337 Å². The number of alkyl halides is 1. The fourth-order valence-corrected chi connectivity index (χ4v) is 11.0. The zero-order valence-electron chi connectivity index (χ0n) is 31.1. The van der Waals surface area contributed by atoms with E-state index in [0.29, 0.717) is 37.7 Å². The summed E-state index contributed by atoms with van der Waals surface area (Å²) in [7, 11) is 0. The SMILES string of the molecule is C[C@@H]1S[C@@H]2[C@H](NC(=O)/C(=N\OC(C)(C)C(=O)[O-])c3csc(N)n3)C(=O)N2C(C(=O)O)=C1CC12CCCC(Cn3c(=O)[nH]c4c(c3=O)[C@@H](Cl)C(O)C(O)=C4)(CC1)CC2. The highest BCUT2D eigenvalue weighted by atomic mass is 35.5. The molecule has 2 aromatic heterocycles. The number of halogens is 1. The number of nitrogens with zero attached hydrogens (tertiary/aromatic N) is 4. The number of β-lactam (4-membered cyclic amide) rings is 1. The summed E-state index contributed by atoms with van der Waals surface area (Å²) in [5.74, 6) is -4.86. The number of aliphatic carboxylic acids is 2. The number of anilines is 1. The molecular weight excluding hydrogens is 806 g/mol. The molecule has 6 aliphatic rings. The maximum Gasteiger partial charge on any atom is 0.352 e. The van der Waals surface area contributed by atoms with E-state index in [1.165, 1.54) is 35.9 Å². The molecule has 306 valence electrons. The van der Waals surface area contributed by atoms with Crippen LogP contribution >= 0.6 is 34.7 Å². The van der Waals surface area contributed by atoms with E-state index in [9.17, 15) is 49.2 Å². The van der Waals surface area contributed by atoms with Crippen LogP contribution in [-0.2, 0) is 30.6 Å². The topological polar surface area (TPSA) is 283 Å². The fraction of sp³-hybridized carbons (Fsp3) is 0.556. The van der Waals surface area contributed by atoms with Gasteiger partial charge < -0.3 is 46.1 Å². The smallest absolute Gasteiger partial charge is 0.352 e. The number of aliphatic hydroxyl groups excluding tert-OH is 2. The lowest BCUT2D eigenvalue weighted by Crippen LogP contribution is -2.71. The first-order valence-electron chi connectivity index (χ1n) is 18.3. The Balaban J connectivity index is 1.09. The van der Waals surface area contributed by atoms with Crippen molar-refractivity contribution in [2.45, 2.75) is 112 Å². The molecule has 1 unspecified atom stereocenters. The molecule has 4 aliphatic carbocycles. The largest absolute Gasteiger partial charge is 0.546 e. The summed E-state index contributed by atoms with van der Waals surface area (Å²) in [6.07, 6.45) is 5.04. The minimum absolute atomic E-state index is 0.0131. The first-order valence-corrected chi connectivity index (χ1v) is 20.6. The second-order valence-electron chi connectivity index (χ2n) is 16.0. The van der Waals surface area contributed by atoms with Crippen LogP contribution < -0.4 is 27.4 Å². The number of hydrogen-bond acceptors (Lipinski definition) is 15. The van der Waals surface area contributed by atoms with Crippen molar-refractivity contribution in [2.75, 3.05) is 5.73 Å². The molecule has 3 saturated carbocycles. The molecule has 21 heteroatoms. The van der Waals surface area contributed by atoms with Crippen LogP contribution in [-0.4, -0.2) is 92.6 Å². The Hall–Kier alpha value is -4.66. The Morgan fingerprint density at radius 3 is 2.47 bits per heavy atom. The van der Waals surface area contributed by atoms with Crippen molar-refractivity contribution in [3.63, 3.8) is 0 Å². The summed E-state index contributed by atoms with van der Waals surface area (Å²) in [6, 6.07) is -1.14. The highest BCUT2D eigenvalue weighted by molar-refractivity contribution is 8.00. The van der Waals surface area contributed by atoms with Gasteiger partial charge in [-0.05, 0) is 82.1 Å². The number of carbonyl (C=O) groups is 4. The number of thioether (sulfide) groups is 1. The van der Waals surface area contributed by atoms with Gasteiger partial charge in [0.2, 0.25) is 0 Å². The number of nitrogens with two attached hydrogens (primary N) is 1. The van der Waals surface area contributed by atoms with Crippen LogP contribution in [0.5, 0.6) is 0 Å². The number of amides is 2. The third-order valence-corrected chi connectivity index (χ3v) is 14.6. The summed E-state index contributed by atoms with van der Waals surface area (Å²) in [5, 5.41) is 47.8. The monoisotopic (exact) mass is 846 g/mol. The van der Waals surface area contributed by atoms with Crippen molar-refractivity contribution in [3.8, 4) is 0 Å². The van der Waals surface area contributed by atoms with E-state index in [2.05, 4.69) is 20.4 Å². The number of thiazole rings is 1. The lowest BCUT2D eigenvalue weighted by Gasteiger charge is -2.52. The molecule has 1 saturated heterocycles. The predicted octanol–water partition coefficient (Wildman–Crippen LogP) is 1.33. The molecule has 2 amide bonds. The predicted molar refractivity (Wildman–Crippen MR) is 206 cm³/mol. The minimum Gasteiger partial charge on any atom is -0.546 e. The van der Waals surface area contributed by atoms with Crippen LogP contribution in [0.1, 0.15) is 94.5 Å². The summed E-state index contributed by atoms with van der Waals surface area (Å²) in [5.41, 5.74) is 2.00. The molecule has 57 heavy (non-hydrogen) atoms. The van der Waals surface area contributed by atoms with E-state index >= 15 is 0 Å². The van der Waals surface area contributed by atoms with Gasteiger partial charge in [0.15, 0.2) is 16.4 Å². The highest BCUT2D eigenvalue weighted by Crippen LogP contribution is 2.59. The average molecular weight is 847 g/mol. The fourth-order valence-electron chi connectivity index (χ4n) is 8.65. The number of nitrogen functional groups attached to an aromatic ring is 1. The van der Waals surface area contributed by atoms with E-state index in [1.807, 2.05) is 6.92 Å². The third kappa shape index (κ3) is 7.14. The molecule has 2 aromatic rings. The van der Waals surface area contributed by atoms with Gasteiger partial charge in [-0.2, -0.15) is 0 Å². The molecule has 0 radical (unpaired) electrons. The van der Waals surface area contributed by atoms with Gasteiger partial charge in [0.05, 0.1) is 22.6 Å². The van der Waals surface area contributed by atoms with Gasteiger partial charge in [0.25, 0.3) is 17.4 Å². The quantitative estimate of drug-likeness (QED) is 0.0806. The van der Waals surface area contributed by atoms with Crippen LogP contribution in [0, 0.1) is 10.8 Å². The van der Waals surface area contributed by atoms with Gasteiger partial charge in [0.1, 0.15) is 34.7 Å². The molecule has 0 spiro atoms. The second-order valence-corrected chi connectivity index (χ2v) is 18.8. The van der Waals surface area contributed by atoms with Crippen molar-refractivity contribution in [1.82, 2.24) is 24.8 Å². The Morgan fingerprint density at radius 1 is 1.18 bits per heavy atom. The molecule has 2 aliphatic heterocycles. The zero-order valence-corrected chi connectivity index (χ0v) is 33.5. The van der Waals surface area contributed by atoms with Crippen LogP contribution in [0.2, 0.25) is 0 Å². The van der Waals surface area contributed by atoms with Gasteiger partial charge in [-0.15, -0.1) is 34.7 Å². The van der Waals surface area contributed by atoms with Gasteiger partial charge in [0, 0.05) is 23.3 Å². The van der Waals surface area contributed by atoms with Crippen molar-refractivity contribution in [3.05, 3.63) is 60.2 Å². The van der Waals surface area contributed by atoms with E-state index in [4.69, 9.17) is 22.2 Å². The van der Waals surface area contributed by atoms with Crippen molar-refractivity contribution >= 4 is 75.4 Å². The first-order chi connectivity index (χ1) is 26.8. The highest BCUT2D eigenvalue weighted by Gasteiger charge is 2.57.